The minimum Gasteiger partial charge on any atom is -0.477 e. The number of carboxylic acid groups (broad SMARTS) is 1. The summed E-state index contributed by atoms with van der Waals surface area (Å²) in [5, 5.41) is 9.91. The molecule has 0 aliphatic heterocycles. The maximum atomic E-state index is 12.7. The number of ether oxygens (including phenoxy) is 1. The van der Waals surface area contributed by atoms with E-state index in [0.29, 0.717) is 29.6 Å². The number of pyridine rings is 1. The van der Waals surface area contributed by atoms with Gasteiger partial charge in [0, 0.05) is 18.6 Å². The van der Waals surface area contributed by atoms with Gasteiger partial charge in [-0.05, 0) is 43.7 Å². The Balaban J connectivity index is 1.69. The Kier molecular flexibility index (Phi) is 4.62. The highest BCUT2D eigenvalue weighted by molar-refractivity contribution is 5.96. The first-order valence-corrected chi connectivity index (χ1v) is 8.14. The van der Waals surface area contributed by atoms with E-state index < -0.39 is 18.1 Å². The highest BCUT2D eigenvalue weighted by Gasteiger charge is 2.41. The molecule has 0 bridgehead atoms. The first-order chi connectivity index (χ1) is 11.8. The van der Waals surface area contributed by atoms with Gasteiger partial charge in [-0.1, -0.05) is 0 Å². The Hall–Kier alpha value is -2.25. The van der Waals surface area contributed by atoms with Crippen LogP contribution in [0.3, 0.4) is 0 Å². The lowest BCUT2D eigenvalue weighted by molar-refractivity contribution is -0.184. The Morgan fingerprint density at radius 3 is 2.64 bits per heavy atom. The quantitative estimate of drug-likeness (QED) is 0.899. The van der Waals surface area contributed by atoms with E-state index >= 15 is 0 Å². The third-order valence-corrected chi connectivity index (χ3v) is 4.90. The first kappa shape index (κ1) is 17.6. The third kappa shape index (κ3) is 3.57. The van der Waals surface area contributed by atoms with Crippen LogP contribution in [0.25, 0.3) is 10.9 Å². The lowest BCUT2D eigenvalue weighted by Crippen LogP contribution is -2.29. The molecule has 1 aliphatic carbocycles. The SMILES string of the molecule is Cn1c(C(=O)O)cc2ccnc(OC[C@H]3CC[C@H](C(F)(F)F)CC3)c21. The largest absolute Gasteiger partial charge is 0.477 e. The number of halogens is 3. The number of hydrogen-bond donors (Lipinski definition) is 1. The zero-order chi connectivity index (χ0) is 18.2. The van der Waals surface area contributed by atoms with Crippen molar-refractivity contribution < 1.29 is 27.8 Å². The predicted molar refractivity (Wildman–Crippen MR) is 84.7 cm³/mol. The molecule has 0 amide bonds. The number of aryl methyl sites for hydroxylation is 1. The number of aromatic carboxylic acids is 1. The van der Waals surface area contributed by atoms with Crippen LogP contribution in [0.15, 0.2) is 18.3 Å². The summed E-state index contributed by atoms with van der Waals surface area (Å²) in [5.41, 5.74) is 0.697. The summed E-state index contributed by atoms with van der Waals surface area (Å²) >= 11 is 0. The second-order valence-electron chi connectivity index (χ2n) is 6.52. The van der Waals surface area contributed by atoms with Crippen molar-refractivity contribution in [3.8, 4) is 5.88 Å². The maximum Gasteiger partial charge on any atom is 0.391 e. The molecule has 1 N–H and O–H groups in total. The van der Waals surface area contributed by atoms with E-state index in [1.165, 1.54) is 10.8 Å². The Morgan fingerprint density at radius 2 is 2.04 bits per heavy atom. The third-order valence-electron chi connectivity index (χ3n) is 4.90. The van der Waals surface area contributed by atoms with Crippen molar-refractivity contribution in [2.75, 3.05) is 6.61 Å². The van der Waals surface area contributed by atoms with Crippen LogP contribution in [0.2, 0.25) is 0 Å². The van der Waals surface area contributed by atoms with E-state index in [4.69, 9.17) is 4.74 Å². The van der Waals surface area contributed by atoms with Gasteiger partial charge in [0.1, 0.15) is 11.2 Å². The molecule has 2 heterocycles. The van der Waals surface area contributed by atoms with Crippen LogP contribution in [0.5, 0.6) is 5.88 Å². The summed E-state index contributed by atoms with van der Waals surface area (Å²) in [5.74, 6) is -1.90. The molecule has 0 spiro atoms. The molecule has 2 aromatic rings. The second-order valence-corrected chi connectivity index (χ2v) is 6.52. The topological polar surface area (TPSA) is 64.4 Å². The summed E-state index contributed by atoms with van der Waals surface area (Å²) in [6, 6.07) is 3.24. The lowest BCUT2D eigenvalue weighted by Gasteiger charge is -2.29. The average Bonchev–Trinajstić information content (AvgIpc) is 2.90. The van der Waals surface area contributed by atoms with E-state index in [1.807, 2.05) is 0 Å². The van der Waals surface area contributed by atoms with Crippen molar-refractivity contribution in [3.05, 3.63) is 24.0 Å². The molecular weight excluding hydrogens is 337 g/mol. The lowest BCUT2D eigenvalue weighted by atomic mass is 9.82. The number of carboxylic acids is 1. The number of fused-ring (bicyclic) bond motifs is 1. The molecule has 0 unspecified atom stereocenters. The van der Waals surface area contributed by atoms with Gasteiger partial charge in [-0.2, -0.15) is 13.2 Å². The summed E-state index contributed by atoms with van der Waals surface area (Å²) in [6.07, 6.45) is -1.40. The normalized spacial score (nSPS) is 21.4. The highest BCUT2D eigenvalue weighted by Crippen LogP contribution is 2.39. The molecule has 0 saturated heterocycles. The van der Waals surface area contributed by atoms with Crippen molar-refractivity contribution in [3.63, 3.8) is 0 Å². The van der Waals surface area contributed by atoms with E-state index in [-0.39, 0.29) is 31.1 Å². The van der Waals surface area contributed by atoms with Gasteiger partial charge in [-0.25, -0.2) is 9.78 Å². The molecule has 0 aromatic carbocycles. The fourth-order valence-electron chi connectivity index (χ4n) is 3.43. The smallest absolute Gasteiger partial charge is 0.391 e. The minimum absolute atomic E-state index is 0.0508. The van der Waals surface area contributed by atoms with Gasteiger partial charge in [0.25, 0.3) is 0 Å². The van der Waals surface area contributed by atoms with Gasteiger partial charge >= 0.3 is 12.1 Å². The predicted octanol–water partition coefficient (Wildman–Crippen LogP) is 4.02. The molecule has 136 valence electrons. The van der Waals surface area contributed by atoms with Crippen molar-refractivity contribution in [2.45, 2.75) is 31.9 Å². The minimum atomic E-state index is -4.12. The number of carbonyl (C=O) groups is 1. The van der Waals surface area contributed by atoms with Crippen LogP contribution >= 0.6 is 0 Å². The van der Waals surface area contributed by atoms with Crippen LogP contribution in [0.1, 0.15) is 36.2 Å². The molecule has 0 atom stereocenters. The van der Waals surface area contributed by atoms with Crippen molar-refractivity contribution in [1.82, 2.24) is 9.55 Å². The molecule has 1 fully saturated rings. The first-order valence-electron chi connectivity index (χ1n) is 8.14. The van der Waals surface area contributed by atoms with Gasteiger partial charge in [0.05, 0.1) is 12.5 Å². The zero-order valence-electron chi connectivity index (χ0n) is 13.7. The Labute approximate surface area is 142 Å². The fourth-order valence-corrected chi connectivity index (χ4v) is 3.43. The Bertz CT molecular complexity index is 777. The van der Waals surface area contributed by atoms with E-state index in [2.05, 4.69) is 4.98 Å². The molecule has 1 aliphatic rings. The monoisotopic (exact) mass is 356 g/mol. The molecular formula is C17H19F3N2O3. The van der Waals surface area contributed by atoms with Crippen LogP contribution in [0.4, 0.5) is 13.2 Å². The average molecular weight is 356 g/mol. The van der Waals surface area contributed by atoms with Gasteiger partial charge in [-0.15, -0.1) is 0 Å². The molecule has 5 nitrogen and oxygen atoms in total. The van der Waals surface area contributed by atoms with Gasteiger partial charge in [0.2, 0.25) is 5.88 Å². The molecule has 25 heavy (non-hydrogen) atoms. The van der Waals surface area contributed by atoms with Crippen LogP contribution < -0.4 is 4.74 Å². The second kappa shape index (κ2) is 6.57. The number of rotatable bonds is 4. The highest BCUT2D eigenvalue weighted by atomic mass is 19.4. The number of alkyl halides is 3. The summed E-state index contributed by atoms with van der Waals surface area (Å²) in [6.45, 7) is 0.282. The van der Waals surface area contributed by atoms with Gasteiger partial charge in [0.15, 0.2) is 0 Å². The van der Waals surface area contributed by atoms with E-state index in [9.17, 15) is 23.1 Å². The summed E-state index contributed by atoms with van der Waals surface area (Å²) in [7, 11) is 1.62. The van der Waals surface area contributed by atoms with Crippen LogP contribution in [-0.4, -0.2) is 33.4 Å². The fraction of sp³-hybridized carbons (Fsp3) is 0.529. The maximum absolute atomic E-state index is 12.7. The summed E-state index contributed by atoms with van der Waals surface area (Å²) < 4.78 is 45.4. The van der Waals surface area contributed by atoms with Crippen molar-refractivity contribution in [1.29, 1.82) is 0 Å². The zero-order valence-corrected chi connectivity index (χ0v) is 13.7. The molecule has 2 aromatic heterocycles. The van der Waals surface area contributed by atoms with Gasteiger partial charge in [-0.3, -0.25) is 0 Å². The van der Waals surface area contributed by atoms with E-state index in [0.717, 1.165) is 0 Å². The number of hydrogen-bond acceptors (Lipinski definition) is 3. The standard InChI is InChI=1S/C17H19F3N2O3/c1-22-13(16(23)24)8-11-6-7-21-15(14(11)22)25-9-10-2-4-12(5-3-10)17(18,19)20/h6-8,10,12H,2-5,9H2,1H3,(H,23,24)/t10-,12-. The molecule has 3 rings (SSSR count). The number of aromatic nitrogens is 2. The van der Waals surface area contributed by atoms with Gasteiger partial charge < -0.3 is 14.4 Å². The van der Waals surface area contributed by atoms with Crippen molar-refractivity contribution in [2.24, 2.45) is 18.9 Å². The molecule has 8 heteroatoms. The van der Waals surface area contributed by atoms with E-state index in [1.54, 1.807) is 19.2 Å². The van der Waals surface area contributed by atoms with Crippen LogP contribution in [0, 0.1) is 11.8 Å². The van der Waals surface area contributed by atoms with Crippen LogP contribution in [-0.2, 0) is 7.05 Å². The number of nitrogens with zero attached hydrogens (tertiary/aromatic N) is 2. The molecule has 1 saturated carbocycles. The Morgan fingerprint density at radius 1 is 1.36 bits per heavy atom. The molecule has 0 radical (unpaired) electrons. The van der Waals surface area contributed by atoms with Crippen molar-refractivity contribution >= 4 is 16.9 Å². The summed E-state index contributed by atoms with van der Waals surface area (Å²) in [4.78, 5) is 15.4.